The normalized spacial score (nSPS) is 11.8. The van der Waals surface area contributed by atoms with Crippen molar-refractivity contribution < 1.29 is 0 Å². The highest BCUT2D eigenvalue weighted by Crippen LogP contribution is 2.20. The van der Waals surface area contributed by atoms with Crippen molar-refractivity contribution in [3.8, 4) is 0 Å². The molecule has 0 saturated carbocycles. The monoisotopic (exact) mass is 208 g/mol. The van der Waals surface area contributed by atoms with E-state index >= 15 is 0 Å². The Morgan fingerprint density at radius 2 is 1.93 bits per heavy atom. The third-order valence-corrected chi connectivity index (χ3v) is 2.56. The Balaban J connectivity index is 3.45. The summed E-state index contributed by atoms with van der Waals surface area (Å²) in [5, 5.41) is 0. The quantitative estimate of drug-likeness (QED) is 0.803. The summed E-state index contributed by atoms with van der Waals surface area (Å²) in [5.74, 6) is 0. The number of nitrogens with zero attached hydrogens (tertiary/aromatic N) is 1. The molecule has 0 aliphatic rings. The summed E-state index contributed by atoms with van der Waals surface area (Å²) in [5.41, 5.74) is 7.30. The third-order valence-electron chi connectivity index (χ3n) is 2.56. The molecule has 0 aliphatic heterocycles. The molecule has 15 heavy (non-hydrogen) atoms. The van der Waals surface area contributed by atoms with Gasteiger partial charge >= 0.3 is 0 Å². The zero-order chi connectivity index (χ0) is 11.6. The van der Waals surface area contributed by atoms with Crippen LogP contribution in [0.4, 0.5) is 0 Å². The molecule has 1 rings (SSSR count). The molecule has 1 aromatic heterocycles. The van der Waals surface area contributed by atoms with E-state index in [1.165, 1.54) is 0 Å². The van der Waals surface area contributed by atoms with Gasteiger partial charge in [0.15, 0.2) is 0 Å². The second-order valence-corrected chi connectivity index (χ2v) is 4.75. The second-order valence-electron chi connectivity index (χ2n) is 4.75. The van der Waals surface area contributed by atoms with Gasteiger partial charge in [-0.15, -0.1) is 0 Å². The maximum atomic E-state index is 12.0. The topological polar surface area (TPSA) is 48.0 Å². The molecule has 84 valence electrons. The summed E-state index contributed by atoms with van der Waals surface area (Å²) >= 11 is 0. The van der Waals surface area contributed by atoms with Gasteiger partial charge in [-0.2, -0.15) is 0 Å². The molecule has 0 spiro atoms. The lowest BCUT2D eigenvalue weighted by Crippen LogP contribution is -2.31. The van der Waals surface area contributed by atoms with E-state index in [0.29, 0.717) is 18.7 Å². The number of rotatable bonds is 2. The van der Waals surface area contributed by atoms with Crippen molar-refractivity contribution >= 4 is 0 Å². The number of hydrogen-bond acceptors (Lipinski definition) is 2. The molecule has 1 aromatic rings. The molecule has 0 bridgehead atoms. The van der Waals surface area contributed by atoms with E-state index in [0.717, 1.165) is 5.69 Å². The van der Waals surface area contributed by atoms with E-state index < -0.39 is 0 Å². The first-order valence-electron chi connectivity index (χ1n) is 5.35. The van der Waals surface area contributed by atoms with Crippen LogP contribution in [0.3, 0.4) is 0 Å². The van der Waals surface area contributed by atoms with Crippen molar-refractivity contribution in [2.45, 2.75) is 46.2 Å². The van der Waals surface area contributed by atoms with Crippen molar-refractivity contribution in [2.75, 3.05) is 0 Å². The molecule has 0 saturated heterocycles. The fraction of sp³-hybridized carbons (Fsp3) is 0.583. The van der Waals surface area contributed by atoms with Gasteiger partial charge < -0.3 is 10.3 Å². The van der Waals surface area contributed by atoms with Crippen LogP contribution in [0.2, 0.25) is 0 Å². The molecule has 1 heterocycles. The van der Waals surface area contributed by atoms with Gasteiger partial charge in [-0.25, -0.2) is 0 Å². The Kier molecular flexibility index (Phi) is 3.35. The second kappa shape index (κ2) is 4.19. The Bertz CT molecular complexity index is 399. The van der Waals surface area contributed by atoms with E-state index in [2.05, 4.69) is 20.8 Å². The van der Waals surface area contributed by atoms with Crippen molar-refractivity contribution in [3.05, 3.63) is 33.7 Å². The Morgan fingerprint density at radius 3 is 2.33 bits per heavy atom. The highest BCUT2D eigenvalue weighted by atomic mass is 16.1. The molecule has 0 unspecified atom stereocenters. The molecular weight excluding hydrogens is 188 g/mol. The minimum absolute atomic E-state index is 0.0116. The summed E-state index contributed by atoms with van der Waals surface area (Å²) < 4.78 is 1.81. The van der Waals surface area contributed by atoms with Gasteiger partial charge in [-0.05, 0) is 13.0 Å². The Hall–Kier alpha value is -1.09. The van der Waals surface area contributed by atoms with E-state index in [4.69, 9.17) is 5.73 Å². The van der Waals surface area contributed by atoms with E-state index in [1.807, 2.05) is 23.6 Å². The average Bonchev–Trinajstić information content (AvgIpc) is 2.15. The van der Waals surface area contributed by atoms with Gasteiger partial charge in [-0.3, -0.25) is 4.79 Å². The maximum absolute atomic E-state index is 12.0. The van der Waals surface area contributed by atoms with Crippen molar-refractivity contribution in [1.82, 2.24) is 4.57 Å². The molecule has 0 atom stereocenters. The van der Waals surface area contributed by atoms with E-state index in [1.54, 1.807) is 0 Å². The van der Waals surface area contributed by atoms with Crippen LogP contribution in [-0.2, 0) is 18.5 Å². The molecule has 3 nitrogen and oxygen atoms in total. The maximum Gasteiger partial charge on any atom is 0.255 e. The zero-order valence-electron chi connectivity index (χ0n) is 10.0. The standard InChI is InChI=1S/C12H20N2O/c1-5-14-10(12(2,3)4)7-6-9(8-13)11(14)15/h6-7H,5,8,13H2,1-4H3. The van der Waals surface area contributed by atoms with Gasteiger partial charge in [0.2, 0.25) is 0 Å². The van der Waals surface area contributed by atoms with Crippen molar-refractivity contribution in [1.29, 1.82) is 0 Å². The van der Waals surface area contributed by atoms with Gasteiger partial charge in [-0.1, -0.05) is 26.8 Å². The van der Waals surface area contributed by atoms with Crippen LogP contribution in [0.5, 0.6) is 0 Å². The SMILES string of the molecule is CCn1c(C(C)(C)C)ccc(CN)c1=O. The minimum atomic E-state index is -0.0116. The van der Waals surface area contributed by atoms with Crippen molar-refractivity contribution in [2.24, 2.45) is 5.73 Å². The first kappa shape index (κ1) is 12.0. The van der Waals surface area contributed by atoms with Crippen LogP contribution in [0, 0.1) is 0 Å². The summed E-state index contributed by atoms with van der Waals surface area (Å²) in [7, 11) is 0. The van der Waals surface area contributed by atoms with Crippen molar-refractivity contribution in [3.63, 3.8) is 0 Å². The molecule has 0 fully saturated rings. The highest BCUT2D eigenvalue weighted by Gasteiger charge is 2.18. The lowest BCUT2D eigenvalue weighted by molar-refractivity contribution is 0.509. The molecule has 3 heteroatoms. The van der Waals surface area contributed by atoms with Crippen LogP contribution in [0.15, 0.2) is 16.9 Å². The van der Waals surface area contributed by atoms with Gasteiger partial charge in [0, 0.05) is 29.8 Å². The first-order valence-corrected chi connectivity index (χ1v) is 5.35. The van der Waals surface area contributed by atoms with Gasteiger partial charge in [0.1, 0.15) is 0 Å². The van der Waals surface area contributed by atoms with Crippen LogP contribution in [0.25, 0.3) is 0 Å². The summed E-state index contributed by atoms with van der Waals surface area (Å²) in [6, 6.07) is 3.85. The summed E-state index contributed by atoms with van der Waals surface area (Å²) in [4.78, 5) is 12.0. The average molecular weight is 208 g/mol. The first-order chi connectivity index (χ1) is 6.91. The molecule has 0 aliphatic carbocycles. The molecule has 2 N–H and O–H groups in total. The van der Waals surface area contributed by atoms with Crippen LogP contribution >= 0.6 is 0 Å². The molecular formula is C12H20N2O. The number of pyridine rings is 1. The van der Waals surface area contributed by atoms with E-state index in [-0.39, 0.29) is 11.0 Å². The number of aromatic nitrogens is 1. The number of nitrogens with two attached hydrogens (primary N) is 1. The zero-order valence-corrected chi connectivity index (χ0v) is 10.0. The number of hydrogen-bond donors (Lipinski definition) is 1. The molecule has 0 amide bonds. The molecule has 0 radical (unpaired) electrons. The van der Waals surface area contributed by atoms with Crippen LogP contribution in [0.1, 0.15) is 39.0 Å². The summed E-state index contributed by atoms with van der Waals surface area (Å²) in [6.07, 6.45) is 0. The Labute approximate surface area is 90.9 Å². The largest absolute Gasteiger partial charge is 0.326 e. The summed E-state index contributed by atoms with van der Waals surface area (Å²) in [6.45, 7) is 9.31. The predicted molar refractivity (Wildman–Crippen MR) is 63.0 cm³/mol. The molecule has 0 aromatic carbocycles. The smallest absolute Gasteiger partial charge is 0.255 e. The lowest BCUT2D eigenvalue weighted by Gasteiger charge is -2.24. The minimum Gasteiger partial charge on any atom is -0.326 e. The van der Waals surface area contributed by atoms with Gasteiger partial charge in [0.05, 0.1) is 0 Å². The van der Waals surface area contributed by atoms with Gasteiger partial charge in [0.25, 0.3) is 5.56 Å². The Morgan fingerprint density at radius 1 is 1.33 bits per heavy atom. The lowest BCUT2D eigenvalue weighted by atomic mass is 9.90. The third kappa shape index (κ3) is 2.29. The predicted octanol–water partition coefficient (Wildman–Crippen LogP) is 1.62. The van der Waals surface area contributed by atoms with Crippen LogP contribution < -0.4 is 11.3 Å². The van der Waals surface area contributed by atoms with Crippen LogP contribution in [-0.4, -0.2) is 4.57 Å². The highest BCUT2D eigenvalue weighted by molar-refractivity contribution is 5.21. The fourth-order valence-electron chi connectivity index (χ4n) is 1.75. The fourth-order valence-corrected chi connectivity index (χ4v) is 1.75. The van der Waals surface area contributed by atoms with E-state index in [9.17, 15) is 4.79 Å².